The van der Waals surface area contributed by atoms with Crippen LogP contribution in [0.3, 0.4) is 0 Å². The number of aryl methyl sites for hydroxylation is 1. The molecule has 0 amide bonds. The summed E-state index contributed by atoms with van der Waals surface area (Å²) in [6, 6.07) is 9.17. The van der Waals surface area contributed by atoms with Crippen LogP contribution in [-0.4, -0.2) is 24.2 Å². The molecular weight excluding hydrogens is 212 g/mol. The number of aromatic nitrogens is 1. The van der Waals surface area contributed by atoms with E-state index in [1.807, 2.05) is 0 Å². The van der Waals surface area contributed by atoms with Gasteiger partial charge in [-0.25, -0.2) is 0 Å². The molecule has 1 aromatic carbocycles. The Morgan fingerprint density at radius 2 is 2.06 bits per heavy atom. The van der Waals surface area contributed by atoms with Gasteiger partial charge in [0.25, 0.3) is 0 Å². The van der Waals surface area contributed by atoms with E-state index in [4.69, 9.17) is 4.74 Å². The highest BCUT2D eigenvalue weighted by Gasteiger charge is 2.24. The van der Waals surface area contributed by atoms with Gasteiger partial charge in [-0.1, -0.05) is 18.2 Å². The first-order valence-corrected chi connectivity index (χ1v) is 6.16. The molecule has 90 valence electrons. The summed E-state index contributed by atoms with van der Waals surface area (Å²) in [6.07, 6.45) is 0. The smallest absolute Gasteiger partial charge is 0.0663 e. The van der Waals surface area contributed by atoms with Crippen LogP contribution in [0.4, 0.5) is 0 Å². The largest absolute Gasteiger partial charge is 0.378 e. The normalized spacial score (nSPS) is 25.3. The van der Waals surface area contributed by atoms with E-state index in [1.165, 1.54) is 22.2 Å². The molecule has 0 saturated carbocycles. The van der Waals surface area contributed by atoms with Gasteiger partial charge in [0.15, 0.2) is 0 Å². The van der Waals surface area contributed by atoms with Gasteiger partial charge in [-0.3, -0.25) is 0 Å². The molecule has 0 radical (unpaired) electrons. The maximum atomic E-state index is 5.65. The van der Waals surface area contributed by atoms with Gasteiger partial charge < -0.3 is 15.0 Å². The third-order valence-electron chi connectivity index (χ3n) is 3.43. The maximum absolute atomic E-state index is 5.65. The van der Waals surface area contributed by atoms with E-state index in [0.29, 0.717) is 12.1 Å². The van der Waals surface area contributed by atoms with Crippen molar-refractivity contribution in [1.29, 1.82) is 0 Å². The monoisotopic (exact) mass is 230 g/mol. The molecule has 2 heterocycles. The minimum Gasteiger partial charge on any atom is -0.378 e. The number of benzene rings is 1. The number of ether oxygens (including phenoxy) is 1. The highest BCUT2D eigenvalue weighted by Crippen LogP contribution is 2.29. The molecule has 3 rings (SSSR count). The second-order valence-corrected chi connectivity index (χ2v) is 4.87. The average molecular weight is 230 g/mol. The number of fused-ring (bicyclic) bond motifs is 1. The summed E-state index contributed by atoms with van der Waals surface area (Å²) >= 11 is 0. The molecule has 1 fully saturated rings. The zero-order chi connectivity index (χ0) is 11.8. The third-order valence-corrected chi connectivity index (χ3v) is 3.43. The fraction of sp³-hybridized carbons (Fsp3) is 0.429. The predicted octanol–water partition coefficient (Wildman–Crippen LogP) is 2.53. The fourth-order valence-electron chi connectivity index (χ4n) is 2.72. The molecule has 2 unspecified atom stereocenters. The highest BCUT2D eigenvalue weighted by atomic mass is 16.5. The van der Waals surface area contributed by atoms with Gasteiger partial charge in [0, 0.05) is 22.6 Å². The Balaban J connectivity index is 2.06. The first-order valence-electron chi connectivity index (χ1n) is 6.16. The van der Waals surface area contributed by atoms with Crippen LogP contribution >= 0.6 is 0 Å². The number of hydrogen-bond acceptors (Lipinski definition) is 2. The predicted molar refractivity (Wildman–Crippen MR) is 69.2 cm³/mol. The molecule has 0 bridgehead atoms. The highest BCUT2D eigenvalue weighted by molar-refractivity contribution is 5.85. The fourth-order valence-corrected chi connectivity index (χ4v) is 2.72. The standard InChI is InChI=1S/C14H18N2O/c1-9-7-17-8-13(15-9)14-10(2)16-12-6-4-3-5-11(12)14/h3-6,9,13,15-16H,7-8H2,1-2H3. The van der Waals surface area contributed by atoms with E-state index < -0.39 is 0 Å². The lowest BCUT2D eigenvalue weighted by molar-refractivity contribution is 0.0506. The summed E-state index contributed by atoms with van der Waals surface area (Å²) in [7, 11) is 0. The molecule has 1 saturated heterocycles. The van der Waals surface area contributed by atoms with Crippen molar-refractivity contribution in [2.24, 2.45) is 0 Å². The van der Waals surface area contributed by atoms with Crippen LogP contribution < -0.4 is 5.32 Å². The van der Waals surface area contributed by atoms with Gasteiger partial charge >= 0.3 is 0 Å². The Labute approximate surface area is 101 Å². The summed E-state index contributed by atoms with van der Waals surface area (Å²) < 4.78 is 5.65. The first kappa shape index (κ1) is 10.8. The van der Waals surface area contributed by atoms with Crippen molar-refractivity contribution in [1.82, 2.24) is 10.3 Å². The number of nitrogens with one attached hydrogen (secondary N) is 2. The Hall–Kier alpha value is -1.32. The van der Waals surface area contributed by atoms with Crippen LogP contribution in [0.1, 0.15) is 24.2 Å². The van der Waals surface area contributed by atoms with Crippen molar-refractivity contribution >= 4 is 10.9 Å². The lowest BCUT2D eigenvalue weighted by Crippen LogP contribution is -2.41. The van der Waals surface area contributed by atoms with E-state index in [2.05, 4.69) is 48.4 Å². The maximum Gasteiger partial charge on any atom is 0.0663 e. The van der Waals surface area contributed by atoms with Crippen LogP contribution in [0.5, 0.6) is 0 Å². The SMILES string of the molecule is Cc1[nH]c2ccccc2c1C1COCC(C)N1. The molecule has 2 N–H and O–H groups in total. The van der Waals surface area contributed by atoms with E-state index in [9.17, 15) is 0 Å². The topological polar surface area (TPSA) is 37.0 Å². The molecule has 1 aromatic heterocycles. The second kappa shape index (κ2) is 4.17. The van der Waals surface area contributed by atoms with Crippen molar-refractivity contribution in [2.45, 2.75) is 25.9 Å². The minimum atomic E-state index is 0.301. The lowest BCUT2D eigenvalue weighted by atomic mass is 10.0. The van der Waals surface area contributed by atoms with Crippen LogP contribution in [0.25, 0.3) is 10.9 Å². The molecule has 2 atom stereocenters. The minimum absolute atomic E-state index is 0.301. The summed E-state index contributed by atoms with van der Waals surface area (Å²) in [5.41, 5.74) is 3.80. The lowest BCUT2D eigenvalue weighted by Gasteiger charge is -2.29. The van der Waals surface area contributed by atoms with Gasteiger partial charge in [0.1, 0.15) is 0 Å². The average Bonchev–Trinajstić information content (AvgIpc) is 2.64. The van der Waals surface area contributed by atoms with Gasteiger partial charge in [0.05, 0.1) is 19.3 Å². The third kappa shape index (κ3) is 1.85. The summed E-state index contributed by atoms with van der Waals surface area (Å²) in [5.74, 6) is 0. The van der Waals surface area contributed by atoms with Crippen molar-refractivity contribution < 1.29 is 4.74 Å². The summed E-state index contributed by atoms with van der Waals surface area (Å²) in [6.45, 7) is 5.86. The summed E-state index contributed by atoms with van der Waals surface area (Å²) in [4.78, 5) is 3.44. The Morgan fingerprint density at radius 1 is 1.24 bits per heavy atom. The van der Waals surface area contributed by atoms with Gasteiger partial charge in [-0.15, -0.1) is 0 Å². The quantitative estimate of drug-likeness (QED) is 0.790. The zero-order valence-corrected chi connectivity index (χ0v) is 10.3. The van der Waals surface area contributed by atoms with Crippen LogP contribution in [0.15, 0.2) is 24.3 Å². The molecule has 2 aromatic rings. The van der Waals surface area contributed by atoms with Crippen LogP contribution in [0.2, 0.25) is 0 Å². The molecule has 1 aliphatic heterocycles. The molecule has 1 aliphatic rings. The van der Waals surface area contributed by atoms with Crippen LogP contribution in [0, 0.1) is 6.92 Å². The number of hydrogen-bond donors (Lipinski definition) is 2. The number of aromatic amines is 1. The first-order chi connectivity index (χ1) is 8.25. The Morgan fingerprint density at radius 3 is 2.88 bits per heavy atom. The van der Waals surface area contributed by atoms with E-state index in [0.717, 1.165) is 13.2 Å². The van der Waals surface area contributed by atoms with Crippen molar-refractivity contribution in [2.75, 3.05) is 13.2 Å². The van der Waals surface area contributed by atoms with Gasteiger partial charge in [-0.05, 0) is 25.5 Å². The number of H-pyrrole nitrogens is 1. The molecule has 3 heteroatoms. The van der Waals surface area contributed by atoms with E-state index in [-0.39, 0.29) is 0 Å². The molecule has 3 nitrogen and oxygen atoms in total. The van der Waals surface area contributed by atoms with E-state index in [1.54, 1.807) is 0 Å². The van der Waals surface area contributed by atoms with Gasteiger partial charge in [0.2, 0.25) is 0 Å². The summed E-state index contributed by atoms with van der Waals surface area (Å²) in [5, 5.41) is 4.91. The molecular formula is C14H18N2O. The van der Waals surface area contributed by atoms with Gasteiger partial charge in [-0.2, -0.15) is 0 Å². The number of morpholine rings is 1. The zero-order valence-electron chi connectivity index (χ0n) is 10.3. The van der Waals surface area contributed by atoms with Crippen molar-refractivity contribution in [3.8, 4) is 0 Å². The Kier molecular flexibility index (Phi) is 2.65. The Bertz CT molecular complexity index is 532. The van der Waals surface area contributed by atoms with Crippen molar-refractivity contribution in [3.05, 3.63) is 35.5 Å². The number of para-hydroxylation sites is 1. The molecule has 17 heavy (non-hydrogen) atoms. The van der Waals surface area contributed by atoms with Crippen LogP contribution in [-0.2, 0) is 4.74 Å². The number of rotatable bonds is 1. The van der Waals surface area contributed by atoms with E-state index >= 15 is 0 Å². The molecule has 0 aliphatic carbocycles. The second-order valence-electron chi connectivity index (χ2n) is 4.87. The van der Waals surface area contributed by atoms with Crippen molar-refractivity contribution in [3.63, 3.8) is 0 Å². The molecule has 0 spiro atoms.